The molecular weight excluding hydrogens is 390 g/mol. The van der Waals surface area contributed by atoms with Crippen molar-refractivity contribution >= 4 is 21.6 Å². The van der Waals surface area contributed by atoms with Crippen molar-refractivity contribution < 1.29 is 17.7 Å². The summed E-state index contributed by atoms with van der Waals surface area (Å²) in [5.74, 6) is 1.12. The monoisotopic (exact) mass is 407 g/mol. The fraction of sp³-hybridized carbons (Fsp3) is 0.222. The van der Waals surface area contributed by atoms with Crippen LogP contribution < -0.4 is 9.46 Å². The zero-order valence-electron chi connectivity index (χ0n) is 15.0. The van der Waals surface area contributed by atoms with Crippen LogP contribution in [0, 0.1) is 13.8 Å². The average Bonchev–Trinajstić information content (AvgIpc) is 3.11. The molecule has 0 aliphatic rings. The standard InChI is InChI=1S/C18H18ClN3O4S/c1-11-12(2)16(8-7-15(11)25-3)27(23,24)20-10-17-21-18(22-26-17)13-5-4-6-14(19)9-13/h4-9,20H,10H2,1-3H3. The van der Waals surface area contributed by atoms with Crippen LogP contribution in [0.4, 0.5) is 0 Å². The third-order valence-electron chi connectivity index (χ3n) is 4.16. The number of ether oxygens (including phenoxy) is 1. The molecule has 3 aromatic rings. The molecule has 0 radical (unpaired) electrons. The molecule has 3 rings (SSSR count). The van der Waals surface area contributed by atoms with Gasteiger partial charge in [-0.25, -0.2) is 13.1 Å². The summed E-state index contributed by atoms with van der Waals surface area (Å²) in [5, 5.41) is 4.41. The molecule has 0 amide bonds. The Bertz CT molecular complexity index is 1080. The topological polar surface area (TPSA) is 94.3 Å². The fourth-order valence-electron chi connectivity index (χ4n) is 2.59. The third-order valence-corrected chi connectivity index (χ3v) is 5.94. The van der Waals surface area contributed by atoms with E-state index in [-0.39, 0.29) is 17.3 Å². The van der Waals surface area contributed by atoms with Gasteiger partial charge in [0.25, 0.3) is 0 Å². The van der Waals surface area contributed by atoms with Crippen molar-refractivity contribution in [2.45, 2.75) is 25.3 Å². The van der Waals surface area contributed by atoms with Gasteiger partial charge in [-0.2, -0.15) is 4.98 Å². The number of nitrogens with one attached hydrogen (secondary N) is 1. The normalized spacial score (nSPS) is 11.6. The first-order valence-electron chi connectivity index (χ1n) is 8.04. The van der Waals surface area contributed by atoms with Crippen molar-refractivity contribution in [3.63, 3.8) is 0 Å². The van der Waals surface area contributed by atoms with Crippen LogP contribution in [-0.4, -0.2) is 25.7 Å². The Labute approximate surface area is 162 Å². The van der Waals surface area contributed by atoms with E-state index >= 15 is 0 Å². The van der Waals surface area contributed by atoms with E-state index in [0.717, 1.165) is 5.56 Å². The molecule has 27 heavy (non-hydrogen) atoms. The number of hydrogen-bond acceptors (Lipinski definition) is 6. The number of aromatic nitrogens is 2. The van der Waals surface area contributed by atoms with Gasteiger partial charge in [0.15, 0.2) is 0 Å². The fourth-order valence-corrected chi connectivity index (χ4v) is 4.05. The minimum atomic E-state index is -3.75. The lowest BCUT2D eigenvalue weighted by Crippen LogP contribution is -2.24. The molecule has 2 aromatic carbocycles. The van der Waals surface area contributed by atoms with Gasteiger partial charge in [0.05, 0.1) is 18.6 Å². The molecule has 0 fully saturated rings. The highest BCUT2D eigenvalue weighted by Crippen LogP contribution is 2.27. The Kier molecular flexibility index (Phi) is 5.50. The zero-order valence-corrected chi connectivity index (χ0v) is 16.6. The summed E-state index contributed by atoms with van der Waals surface area (Å²) >= 11 is 5.95. The molecule has 0 aliphatic carbocycles. The Balaban J connectivity index is 1.78. The van der Waals surface area contributed by atoms with Gasteiger partial charge in [0.1, 0.15) is 5.75 Å². The predicted octanol–water partition coefficient (Wildman–Crippen LogP) is 3.49. The molecule has 0 unspecified atom stereocenters. The van der Waals surface area contributed by atoms with E-state index in [1.807, 2.05) is 6.92 Å². The molecule has 0 saturated heterocycles. The van der Waals surface area contributed by atoms with Gasteiger partial charge in [-0.3, -0.25) is 0 Å². The molecule has 1 aromatic heterocycles. The minimum Gasteiger partial charge on any atom is -0.496 e. The molecule has 9 heteroatoms. The average molecular weight is 408 g/mol. The van der Waals surface area contributed by atoms with E-state index in [2.05, 4.69) is 14.9 Å². The van der Waals surface area contributed by atoms with Crippen molar-refractivity contribution in [3.05, 3.63) is 58.4 Å². The highest BCUT2D eigenvalue weighted by atomic mass is 35.5. The number of nitrogens with zero attached hydrogens (tertiary/aromatic N) is 2. The number of benzene rings is 2. The van der Waals surface area contributed by atoms with E-state index in [1.54, 1.807) is 44.4 Å². The highest BCUT2D eigenvalue weighted by molar-refractivity contribution is 7.89. The number of hydrogen-bond donors (Lipinski definition) is 1. The van der Waals surface area contributed by atoms with Crippen molar-refractivity contribution in [2.24, 2.45) is 0 Å². The summed E-state index contributed by atoms with van der Waals surface area (Å²) in [4.78, 5) is 4.38. The maximum Gasteiger partial charge on any atom is 0.242 e. The SMILES string of the molecule is COc1ccc(S(=O)(=O)NCc2nc(-c3cccc(Cl)c3)no2)c(C)c1C. The van der Waals surface area contributed by atoms with Crippen LogP contribution in [0.25, 0.3) is 11.4 Å². The van der Waals surface area contributed by atoms with Crippen LogP contribution in [-0.2, 0) is 16.6 Å². The van der Waals surface area contributed by atoms with Crippen molar-refractivity contribution in [2.75, 3.05) is 7.11 Å². The molecule has 7 nitrogen and oxygen atoms in total. The lowest BCUT2D eigenvalue weighted by Gasteiger charge is -2.13. The van der Waals surface area contributed by atoms with Crippen LogP contribution in [0.1, 0.15) is 17.0 Å². The van der Waals surface area contributed by atoms with E-state index in [4.69, 9.17) is 20.9 Å². The van der Waals surface area contributed by atoms with Gasteiger partial charge in [-0.05, 0) is 49.2 Å². The molecule has 1 N–H and O–H groups in total. The van der Waals surface area contributed by atoms with Crippen molar-refractivity contribution in [3.8, 4) is 17.1 Å². The second kappa shape index (κ2) is 7.67. The highest BCUT2D eigenvalue weighted by Gasteiger charge is 2.20. The number of sulfonamides is 1. The molecule has 0 saturated carbocycles. The molecule has 142 valence electrons. The Hall–Kier alpha value is -2.42. The first kappa shape index (κ1) is 19.3. The molecule has 0 spiro atoms. The van der Waals surface area contributed by atoms with Gasteiger partial charge in [-0.1, -0.05) is 28.9 Å². The Morgan fingerprint density at radius 2 is 1.96 bits per heavy atom. The van der Waals surface area contributed by atoms with Crippen LogP contribution in [0.3, 0.4) is 0 Å². The van der Waals surface area contributed by atoms with Gasteiger partial charge in [-0.15, -0.1) is 0 Å². The lowest BCUT2D eigenvalue weighted by atomic mass is 10.1. The van der Waals surface area contributed by atoms with Crippen LogP contribution >= 0.6 is 11.6 Å². The second-order valence-electron chi connectivity index (χ2n) is 5.86. The molecule has 0 atom stereocenters. The summed E-state index contributed by atoms with van der Waals surface area (Å²) in [5.41, 5.74) is 2.07. The molecule has 0 bridgehead atoms. The number of rotatable bonds is 6. The van der Waals surface area contributed by atoms with Crippen molar-refractivity contribution in [1.82, 2.24) is 14.9 Å². The summed E-state index contributed by atoms with van der Waals surface area (Å²) < 4.78 is 38.1. The number of halogens is 1. The second-order valence-corrected chi connectivity index (χ2v) is 8.03. The largest absolute Gasteiger partial charge is 0.496 e. The van der Waals surface area contributed by atoms with Crippen LogP contribution in [0.15, 0.2) is 45.8 Å². The molecular formula is C18H18ClN3O4S. The Morgan fingerprint density at radius 3 is 2.67 bits per heavy atom. The van der Waals surface area contributed by atoms with Crippen LogP contribution in [0.5, 0.6) is 5.75 Å². The van der Waals surface area contributed by atoms with Gasteiger partial charge in [0.2, 0.25) is 21.7 Å². The summed E-state index contributed by atoms with van der Waals surface area (Å²) in [6, 6.07) is 10.1. The minimum absolute atomic E-state index is 0.125. The van der Waals surface area contributed by atoms with Gasteiger partial charge >= 0.3 is 0 Å². The molecule has 0 aliphatic heterocycles. The van der Waals surface area contributed by atoms with E-state index in [9.17, 15) is 8.42 Å². The summed E-state index contributed by atoms with van der Waals surface area (Å²) in [7, 11) is -2.21. The first-order chi connectivity index (χ1) is 12.8. The van der Waals surface area contributed by atoms with E-state index < -0.39 is 10.0 Å². The summed E-state index contributed by atoms with van der Waals surface area (Å²) in [6.45, 7) is 3.42. The van der Waals surface area contributed by atoms with Gasteiger partial charge < -0.3 is 9.26 Å². The zero-order chi connectivity index (χ0) is 19.6. The first-order valence-corrected chi connectivity index (χ1v) is 9.90. The van der Waals surface area contributed by atoms with Crippen molar-refractivity contribution in [1.29, 1.82) is 0 Å². The maximum atomic E-state index is 12.6. The van der Waals surface area contributed by atoms with Crippen LogP contribution in [0.2, 0.25) is 5.02 Å². The Morgan fingerprint density at radius 1 is 1.19 bits per heavy atom. The van der Waals surface area contributed by atoms with E-state index in [1.165, 1.54) is 6.07 Å². The number of methoxy groups -OCH3 is 1. The smallest absolute Gasteiger partial charge is 0.242 e. The lowest BCUT2D eigenvalue weighted by molar-refractivity contribution is 0.376. The maximum absolute atomic E-state index is 12.6. The quantitative estimate of drug-likeness (QED) is 0.672. The molecule has 1 heterocycles. The predicted molar refractivity (Wildman–Crippen MR) is 101 cm³/mol. The van der Waals surface area contributed by atoms with E-state index in [0.29, 0.717) is 27.7 Å². The van der Waals surface area contributed by atoms with Gasteiger partial charge in [0, 0.05) is 10.6 Å². The third kappa shape index (κ3) is 4.13. The summed E-state index contributed by atoms with van der Waals surface area (Å²) in [6.07, 6.45) is 0.